The molecule has 1 aromatic carbocycles. The summed E-state index contributed by atoms with van der Waals surface area (Å²) in [6, 6.07) is 5.96. The smallest absolute Gasteiger partial charge is 0.416 e. The second kappa shape index (κ2) is 7.32. The molecule has 0 radical (unpaired) electrons. The maximum Gasteiger partial charge on any atom is 0.416 e. The lowest BCUT2D eigenvalue weighted by Crippen LogP contribution is -2.24. The minimum atomic E-state index is -4.42. The predicted molar refractivity (Wildman–Crippen MR) is 77.4 cm³/mol. The van der Waals surface area contributed by atoms with Crippen LogP contribution in [0.15, 0.2) is 36.4 Å². The van der Waals surface area contributed by atoms with Crippen molar-refractivity contribution in [3.05, 3.63) is 47.5 Å². The van der Waals surface area contributed by atoms with Gasteiger partial charge in [-0.15, -0.1) is 0 Å². The number of ether oxygens (including phenoxy) is 1. The van der Waals surface area contributed by atoms with Crippen molar-refractivity contribution in [1.29, 1.82) is 5.26 Å². The summed E-state index contributed by atoms with van der Waals surface area (Å²) >= 11 is 0. The van der Waals surface area contributed by atoms with Crippen LogP contribution < -0.4 is 0 Å². The van der Waals surface area contributed by atoms with Crippen LogP contribution in [0.25, 0.3) is 0 Å². The molecule has 0 saturated heterocycles. The van der Waals surface area contributed by atoms with Crippen molar-refractivity contribution in [3.8, 4) is 6.07 Å². The average Bonchev–Trinajstić information content (AvgIpc) is 2.53. The minimum absolute atomic E-state index is 0.115. The van der Waals surface area contributed by atoms with Gasteiger partial charge in [-0.2, -0.15) is 18.4 Å². The van der Waals surface area contributed by atoms with Gasteiger partial charge in [0.05, 0.1) is 17.2 Å². The maximum atomic E-state index is 12.5. The van der Waals surface area contributed by atoms with Gasteiger partial charge in [-0.05, 0) is 55.9 Å². The first-order chi connectivity index (χ1) is 10.9. The van der Waals surface area contributed by atoms with E-state index in [9.17, 15) is 18.0 Å². The Labute approximate surface area is 132 Å². The molecular formula is C17H16F3NO2. The fourth-order valence-corrected chi connectivity index (χ4v) is 2.59. The van der Waals surface area contributed by atoms with E-state index in [1.165, 1.54) is 6.08 Å². The molecule has 0 unspecified atom stereocenters. The zero-order chi connectivity index (χ0) is 16.9. The molecule has 0 amide bonds. The Hall–Kier alpha value is -2.29. The molecule has 0 heterocycles. The van der Waals surface area contributed by atoms with E-state index in [1.807, 2.05) is 12.1 Å². The lowest BCUT2D eigenvalue weighted by Gasteiger charge is -2.26. The highest BCUT2D eigenvalue weighted by atomic mass is 19.4. The number of carbonyl (C=O) groups is 1. The molecule has 122 valence electrons. The van der Waals surface area contributed by atoms with E-state index < -0.39 is 17.7 Å². The standard InChI is InChI=1S/C17H16F3NO2/c18-17(19,20)14-7-5-13(6-8-14)16(22)23-15-9-3-12(4-10-15)2-1-11-21/h1-2,5-8,12,15H,3-4,9-10H2. The Morgan fingerprint density at radius 2 is 1.78 bits per heavy atom. The van der Waals surface area contributed by atoms with E-state index in [0.717, 1.165) is 37.1 Å². The molecule has 0 N–H and O–H groups in total. The van der Waals surface area contributed by atoms with Gasteiger partial charge in [0.15, 0.2) is 0 Å². The van der Waals surface area contributed by atoms with Gasteiger partial charge in [0.25, 0.3) is 0 Å². The van der Waals surface area contributed by atoms with Gasteiger partial charge >= 0.3 is 12.1 Å². The third-order valence-electron chi connectivity index (χ3n) is 3.88. The topological polar surface area (TPSA) is 50.1 Å². The molecule has 1 aliphatic carbocycles. The Balaban J connectivity index is 1.88. The van der Waals surface area contributed by atoms with Crippen LogP contribution in [0.4, 0.5) is 13.2 Å². The molecule has 6 heteroatoms. The molecule has 1 aliphatic rings. The van der Waals surface area contributed by atoms with Crippen molar-refractivity contribution in [2.45, 2.75) is 38.0 Å². The minimum Gasteiger partial charge on any atom is -0.459 e. The van der Waals surface area contributed by atoms with Gasteiger partial charge in [-0.3, -0.25) is 0 Å². The molecule has 0 spiro atoms. The van der Waals surface area contributed by atoms with Crippen molar-refractivity contribution in [2.75, 3.05) is 0 Å². The summed E-state index contributed by atoms with van der Waals surface area (Å²) in [4.78, 5) is 12.0. The molecule has 1 aromatic rings. The number of halogens is 3. The van der Waals surface area contributed by atoms with Crippen molar-refractivity contribution >= 4 is 5.97 Å². The van der Waals surface area contributed by atoms with E-state index in [2.05, 4.69) is 0 Å². The van der Waals surface area contributed by atoms with Crippen LogP contribution >= 0.6 is 0 Å². The van der Waals surface area contributed by atoms with Gasteiger partial charge in [0, 0.05) is 6.08 Å². The van der Waals surface area contributed by atoms with Crippen LogP contribution in [-0.2, 0) is 10.9 Å². The molecule has 0 aromatic heterocycles. The fourth-order valence-electron chi connectivity index (χ4n) is 2.59. The molecule has 1 saturated carbocycles. The van der Waals surface area contributed by atoms with Gasteiger partial charge in [0.2, 0.25) is 0 Å². The van der Waals surface area contributed by atoms with Crippen LogP contribution in [0.3, 0.4) is 0 Å². The summed E-state index contributed by atoms with van der Waals surface area (Å²) in [6.45, 7) is 0. The Morgan fingerprint density at radius 3 is 2.30 bits per heavy atom. The first-order valence-corrected chi connectivity index (χ1v) is 7.34. The highest BCUT2D eigenvalue weighted by Crippen LogP contribution is 2.30. The number of nitrogens with zero attached hydrogens (tertiary/aromatic N) is 1. The summed E-state index contributed by atoms with van der Waals surface area (Å²) < 4.78 is 42.8. The number of benzene rings is 1. The zero-order valence-electron chi connectivity index (χ0n) is 12.3. The summed E-state index contributed by atoms with van der Waals surface area (Å²) in [5.41, 5.74) is -0.677. The van der Waals surface area contributed by atoms with Gasteiger partial charge in [-0.1, -0.05) is 6.08 Å². The Morgan fingerprint density at radius 1 is 1.17 bits per heavy atom. The predicted octanol–water partition coefficient (Wildman–Crippen LogP) is 4.50. The van der Waals surface area contributed by atoms with Crippen LogP contribution in [0.1, 0.15) is 41.6 Å². The number of esters is 1. The monoisotopic (exact) mass is 323 g/mol. The highest BCUT2D eigenvalue weighted by molar-refractivity contribution is 5.89. The molecule has 3 nitrogen and oxygen atoms in total. The summed E-state index contributed by atoms with van der Waals surface area (Å²) in [7, 11) is 0. The van der Waals surface area contributed by atoms with E-state index in [0.29, 0.717) is 18.8 Å². The Kier molecular flexibility index (Phi) is 5.43. The molecule has 1 fully saturated rings. The van der Waals surface area contributed by atoms with E-state index in [1.54, 1.807) is 0 Å². The average molecular weight is 323 g/mol. The second-order valence-corrected chi connectivity index (χ2v) is 5.51. The number of hydrogen-bond acceptors (Lipinski definition) is 3. The van der Waals surface area contributed by atoms with Crippen LogP contribution in [0, 0.1) is 17.2 Å². The van der Waals surface area contributed by atoms with Crippen molar-refractivity contribution in [2.24, 2.45) is 5.92 Å². The molecule has 0 atom stereocenters. The molecule has 0 aliphatic heterocycles. The number of alkyl halides is 3. The molecule has 23 heavy (non-hydrogen) atoms. The maximum absolute atomic E-state index is 12.5. The molecule has 2 rings (SSSR count). The van der Waals surface area contributed by atoms with Crippen molar-refractivity contribution < 1.29 is 22.7 Å². The number of carbonyl (C=O) groups excluding carboxylic acids is 1. The van der Waals surface area contributed by atoms with Crippen LogP contribution in [0.5, 0.6) is 0 Å². The lowest BCUT2D eigenvalue weighted by atomic mass is 9.87. The normalized spacial score (nSPS) is 21.8. The summed E-state index contributed by atoms with van der Waals surface area (Å²) in [6.07, 6.45) is 1.69. The largest absolute Gasteiger partial charge is 0.459 e. The number of nitriles is 1. The fraction of sp³-hybridized carbons (Fsp3) is 0.412. The molecular weight excluding hydrogens is 307 g/mol. The summed E-state index contributed by atoms with van der Waals surface area (Å²) in [5.74, 6) is -0.287. The van der Waals surface area contributed by atoms with Crippen LogP contribution in [0.2, 0.25) is 0 Å². The first-order valence-electron chi connectivity index (χ1n) is 7.34. The number of rotatable bonds is 3. The van der Waals surface area contributed by atoms with Gasteiger partial charge in [0.1, 0.15) is 6.10 Å². The highest BCUT2D eigenvalue weighted by Gasteiger charge is 2.30. The lowest BCUT2D eigenvalue weighted by molar-refractivity contribution is -0.137. The molecule has 0 bridgehead atoms. The number of allylic oxidation sites excluding steroid dienone is 2. The van der Waals surface area contributed by atoms with Crippen molar-refractivity contribution in [1.82, 2.24) is 0 Å². The second-order valence-electron chi connectivity index (χ2n) is 5.51. The van der Waals surface area contributed by atoms with E-state index in [4.69, 9.17) is 10.00 Å². The van der Waals surface area contributed by atoms with Gasteiger partial charge < -0.3 is 4.74 Å². The first kappa shape index (κ1) is 17.1. The third kappa shape index (κ3) is 4.85. The third-order valence-corrected chi connectivity index (χ3v) is 3.88. The van der Waals surface area contributed by atoms with Crippen molar-refractivity contribution in [3.63, 3.8) is 0 Å². The van der Waals surface area contributed by atoms with E-state index >= 15 is 0 Å². The van der Waals surface area contributed by atoms with Crippen LogP contribution in [-0.4, -0.2) is 12.1 Å². The van der Waals surface area contributed by atoms with E-state index in [-0.39, 0.29) is 11.7 Å². The SMILES string of the molecule is N#CC=CC1CCC(OC(=O)c2ccc(C(F)(F)F)cc2)CC1. The van der Waals surface area contributed by atoms with Gasteiger partial charge in [-0.25, -0.2) is 4.79 Å². The summed E-state index contributed by atoms with van der Waals surface area (Å²) in [5, 5.41) is 8.49. The quantitative estimate of drug-likeness (QED) is 0.608. The zero-order valence-corrected chi connectivity index (χ0v) is 12.3. The number of hydrogen-bond donors (Lipinski definition) is 0. The Bertz CT molecular complexity index is 606.